The lowest BCUT2D eigenvalue weighted by molar-refractivity contribution is 0.0705. The third-order valence-corrected chi connectivity index (χ3v) is 5.26. The second-order valence-electron chi connectivity index (χ2n) is 6.43. The maximum Gasteiger partial charge on any atom is 0.274 e. The van der Waals surface area contributed by atoms with Crippen molar-refractivity contribution in [3.05, 3.63) is 71.0 Å². The first kappa shape index (κ1) is 16.2. The highest BCUT2D eigenvalue weighted by molar-refractivity contribution is 9.10. The summed E-state index contributed by atoms with van der Waals surface area (Å²) in [5.41, 5.74) is 4.39. The first-order valence-electron chi connectivity index (χ1n) is 8.58. The van der Waals surface area contributed by atoms with Crippen LogP contribution in [0.4, 0.5) is 0 Å². The fraction of sp³-hybridized carbons (Fsp3) is 0.158. The summed E-state index contributed by atoms with van der Waals surface area (Å²) in [4.78, 5) is 23.1. The molecule has 5 heterocycles. The number of carbonyl (C=O) groups is 1. The maximum atomic E-state index is 12.9. The molecular weight excluding hydrogens is 408 g/mol. The molecule has 4 aromatic heterocycles. The van der Waals surface area contributed by atoms with E-state index in [1.165, 1.54) is 0 Å². The highest BCUT2D eigenvalue weighted by atomic mass is 79.9. The van der Waals surface area contributed by atoms with Crippen LogP contribution in [0.1, 0.15) is 16.2 Å². The van der Waals surface area contributed by atoms with E-state index >= 15 is 0 Å². The molecule has 0 saturated heterocycles. The molecule has 4 aromatic rings. The van der Waals surface area contributed by atoms with Crippen LogP contribution in [0.15, 0.2) is 59.6 Å². The van der Waals surface area contributed by atoms with Crippen LogP contribution >= 0.6 is 15.9 Å². The summed E-state index contributed by atoms with van der Waals surface area (Å²) in [5.74, 6) is -0.0501. The van der Waals surface area contributed by atoms with Crippen LogP contribution < -0.4 is 0 Å². The molecule has 5 rings (SSSR count). The minimum Gasteiger partial charge on any atom is -0.340 e. The van der Waals surface area contributed by atoms with E-state index in [0.717, 1.165) is 33.6 Å². The van der Waals surface area contributed by atoms with Crippen molar-refractivity contribution in [2.45, 2.75) is 13.1 Å². The van der Waals surface area contributed by atoms with Gasteiger partial charge in [-0.3, -0.25) is 4.79 Å². The first-order valence-corrected chi connectivity index (χ1v) is 9.37. The molecule has 27 heavy (non-hydrogen) atoms. The predicted octanol–water partition coefficient (Wildman–Crippen LogP) is 3.01. The molecule has 1 aliphatic heterocycles. The van der Waals surface area contributed by atoms with E-state index < -0.39 is 0 Å². The van der Waals surface area contributed by atoms with Gasteiger partial charge in [-0.05, 0) is 52.3 Å². The van der Waals surface area contributed by atoms with Crippen LogP contribution in [0, 0.1) is 0 Å². The summed E-state index contributed by atoms with van der Waals surface area (Å²) < 4.78 is 4.86. The molecule has 0 aromatic carbocycles. The van der Waals surface area contributed by atoms with Crippen molar-refractivity contribution in [2.75, 3.05) is 6.54 Å². The molecule has 8 heteroatoms. The largest absolute Gasteiger partial charge is 0.340 e. The first-order chi connectivity index (χ1) is 13.2. The summed E-state index contributed by atoms with van der Waals surface area (Å²) in [5, 5.41) is 4.43. The van der Waals surface area contributed by atoms with Gasteiger partial charge in [0.25, 0.3) is 5.91 Å². The zero-order valence-corrected chi connectivity index (χ0v) is 15.9. The van der Waals surface area contributed by atoms with E-state index in [9.17, 15) is 4.79 Å². The van der Waals surface area contributed by atoms with E-state index in [2.05, 4.69) is 41.6 Å². The molecule has 7 nitrogen and oxygen atoms in total. The van der Waals surface area contributed by atoms with Crippen LogP contribution in [0.3, 0.4) is 0 Å². The Bertz CT molecular complexity index is 1150. The van der Waals surface area contributed by atoms with Crippen molar-refractivity contribution >= 4 is 27.4 Å². The smallest absolute Gasteiger partial charge is 0.274 e. The molecular formula is C19H15BrN6O. The number of fused-ring (bicyclic) bond motifs is 2. The van der Waals surface area contributed by atoms with Crippen molar-refractivity contribution in [2.24, 2.45) is 0 Å². The average molecular weight is 423 g/mol. The van der Waals surface area contributed by atoms with Gasteiger partial charge in [-0.25, -0.2) is 14.5 Å². The molecule has 0 spiro atoms. The zero-order chi connectivity index (χ0) is 18.4. The fourth-order valence-electron chi connectivity index (χ4n) is 3.47. The lowest BCUT2D eigenvalue weighted by Gasteiger charge is -2.29. The number of rotatable bonds is 2. The summed E-state index contributed by atoms with van der Waals surface area (Å²) >= 11 is 3.43. The number of aromatic nitrogens is 5. The standard InChI is InChI=1S/C19H15BrN6O/c20-13-1-2-14-9-17(23-26(14)10-13)19(27)24-7-8-25-15(11-24)3-4-18(25)16-5-6-21-12-22-16/h1-6,9-10,12H,7-8,11H2. The van der Waals surface area contributed by atoms with Gasteiger partial charge >= 0.3 is 0 Å². The molecule has 0 fully saturated rings. The lowest BCUT2D eigenvalue weighted by Crippen LogP contribution is -2.38. The Labute approximate surface area is 163 Å². The van der Waals surface area contributed by atoms with E-state index in [0.29, 0.717) is 18.8 Å². The summed E-state index contributed by atoms with van der Waals surface area (Å²) in [6.45, 7) is 1.92. The molecule has 1 amide bonds. The lowest BCUT2D eigenvalue weighted by atomic mass is 10.2. The highest BCUT2D eigenvalue weighted by Crippen LogP contribution is 2.25. The molecule has 0 saturated carbocycles. The van der Waals surface area contributed by atoms with E-state index in [1.54, 1.807) is 17.0 Å². The van der Waals surface area contributed by atoms with Gasteiger partial charge in [-0.2, -0.15) is 5.10 Å². The maximum absolute atomic E-state index is 12.9. The third-order valence-electron chi connectivity index (χ3n) is 4.79. The SMILES string of the molecule is O=C(c1cc2ccc(Br)cn2n1)N1CCn2c(ccc2-c2ccncn2)C1. The number of amides is 1. The van der Waals surface area contributed by atoms with Crippen LogP contribution in [0.25, 0.3) is 16.9 Å². The Kier molecular flexibility index (Phi) is 3.78. The van der Waals surface area contributed by atoms with Gasteiger partial charge in [0.05, 0.1) is 23.4 Å². The highest BCUT2D eigenvalue weighted by Gasteiger charge is 2.25. The summed E-state index contributed by atoms with van der Waals surface area (Å²) in [6.07, 6.45) is 5.14. The quantitative estimate of drug-likeness (QED) is 0.497. The minimum absolute atomic E-state index is 0.0501. The van der Waals surface area contributed by atoms with Gasteiger partial charge in [0.2, 0.25) is 0 Å². The molecule has 0 bridgehead atoms. The van der Waals surface area contributed by atoms with Crippen molar-refractivity contribution in [3.8, 4) is 11.4 Å². The minimum atomic E-state index is -0.0501. The molecule has 0 N–H and O–H groups in total. The molecule has 1 aliphatic rings. The third kappa shape index (κ3) is 2.82. The van der Waals surface area contributed by atoms with E-state index in [-0.39, 0.29) is 5.91 Å². The van der Waals surface area contributed by atoms with Crippen LogP contribution in [-0.2, 0) is 13.1 Å². The van der Waals surface area contributed by atoms with Gasteiger partial charge in [-0.1, -0.05) is 0 Å². The van der Waals surface area contributed by atoms with Crippen LogP contribution in [-0.4, -0.2) is 41.5 Å². The molecule has 0 radical (unpaired) electrons. The number of carbonyl (C=O) groups excluding carboxylic acids is 1. The van der Waals surface area contributed by atoms with E-state index in [1.807, 2.05) is 41.4 Å². The van der Waals surface area contributed by atoms with Crippen molar-refractivity contribution < 1.29 is 4.79 Å². The molecule has 0 aliphatic carbocycles. The predicted molar refractivity (Wildman–Crippen MR) is 103 cm³/mol. The second kappa shape index (κ2) is 6.31. The molecule has 0 unspecified atom stereocenters. The Balaban J connectivity index is 1.42. The normalized spacial score (nSPS) is 13.7. The topological polar surface area (TPSA) is 68.3 Å². The van der Waals surface area contributed by atoms with Gasteiger partial charge in [0.1, 0.15) is 6.33 Å². The Morgan fingerprint density at radius 3 is 2.89 bits per heavy atom. The van der Waals surface area contributed by atoms with Gasteiger partial charge in [0, 0.05) is 35.6 Å². The summed E-state index contributed by atoms with van der Waals surface area (Å²) in [6, 6.07) is 11.7. The number of hydrogen-bond acceptors (Lipinski definition) is 4. The van der Waals surface area contributed by atoms with Gasteiger partial charge < -0.3 is 9.47 Å². The number of hydrogen-bond donors (Lipinski definition) is 0. The number of pyridine rings is 1. The molecule has 0 atom stereocenters. The summed E-state index contributed by atoms with van der Waals surface area (Å²) in [7, 11) is 0. The average Bonchev–Trinajstić information content (AvgIpc) is 3.31. The van der Waals surface area contributed by atoms with Crippen LogP contribution in [0.2, 0.25) is 0 Å². The second-order valence-corrected chi connectivity index (χ2v) is 7.34. The Morgan fingerprint density at radius 1 is 1.11 bits per heavy atom. The van der Waals surface area contributed by atoms with Crippen molar-refractivity contribution in [1.29, 1.82) is 0 Å². The molecule has 134 valence electrons. The number of nitrogens with zero attached hydrogens (tertiary/aromatic N) is 6. The van der Waals surface area contributed by atoms with Crippen LogP contribution in [0.5, 0.6) is 0 Å². The van der Waals surface area contributed by atoms with Crippen molar-refractivity contribution in [3.63, 3.8) is 0 Å². The van der Waals surface area contributed by atoms with Gasteiger partial charge in [0.15, 0.2) is 5.69 Å². The van der Waals surface area contributed by atoms with Crippen molar-refractivity contribution in [1.82, 2.24) is 29.0 Å². The van der Waals surface area contributed by atoms with Gasteiger partial charge in [-0.15, -0.1) is 0 Å². The fourth-order valence-corrected chi connectivity index (χ4v) is 3.80. The van der Waals surface area contributed by atoms with E-state index in [4.69, 9.17) is 0 Å². The zero-order valence-electron chi connectivity index (χ0n) is 14.3. The Morgan fingerprint density at radius 2 is 2.04 bits per heavy atom. The number of halogens is 1. The Hall–Kier alpha value is -3.00. The monoisotopic (exact) mass is 422 g/mol.